The SMILES string of the molecule is COc1ccccc1C(=O)NCCCN1CCN(c2ccccc2)CC1. The average molecular weight is 353 g/mol. The predicted octanol–water partition coefficient (Wildman–Crippen LogP) is 2.64. The minimum Gasteiger partial charge on any atom is -0.496 e. The highest BCUT2D eigenvalue weighted by molar-refractivity contribution is 5.96. The first-order valence-corrected chi connectivity index (χ1v) is 9.21. The van der Waals surface area contributed by atoms with Crippen molar-refractivity contribution in [2.45, 2.75) is 6.42 Å². The zero-order chi connectivity index (χ0) is 18.2. The van der Waals surface area contributed by atoms with Gasteiger partial charge < -0.3 is 15.0 Å². The van der Waals surface area contributed by atoms with Crippen molar-refractivity contribution in [2.24, 2.45) is 0 Å². The molecule has 1 fully saturated rings. The minimum atomic E-state index is -0.0728. The fraction of sp³-hybridized carbons (Fsp3) is 0.381. The van der Waals surface area contributed by atoms with Gasteiger partial charge in [-0.25, -0.2) is 0 Å². The Hall–Kier alpha value is -2.53. The molecule has 0 aromatic heterocycles. The van der Waals surface area contributed by atoms with Gasteiger partial charge in [0.15, 0.2) is 0 Å². The molecule has 0 unspecified atom stereocenters. The van der Waals surface area contributed by atoms with E-state index >= 15 is 0 Å². The number of amides is 1. The number of piperazine rings is 1. The first kappa shape index (κ1) is 18.3. The van der Waals surface area contributed by atoms with Gasteiger partial charge in [0.25, 0.3) is 5.91 Å². The molecule has 0 bridgehead atoms. The van der Waals surface area contributed by atoms with Gasteiger partial charge in [0, 0.05) is 38.4 Å². The number of nitrogens with one attached hydrogen (secondary N) is 1. The summed E-state index contributed by atoms with van der Waals surface area (Å²) in [6.07, 6.45) is 0.951. The Morgan fingerprint density at radius 1 is 1.00 bits per heavy atom. The van der Waals surface area contributed by atoms with E-state index in [1.54, 1.807) is 19.2 Å². The Balaban J connectivity index is 1.36. The molecule has 0 aliphatic carbocycles. The van der Waals surface area contributed by atoms with Crippen LogP contribution in [-0.2, 0) is 0 Å². The Kier molecular flexibility index (Phi) is 6.50. The second kappa shape index (κ2) is 9.25. The van der Waals surface area contributed by atoms with Crippen molar-refractivity contribution in [1.82, 2.24) is 10.2 Å². The topological polar surface area (TPSA) is 44.8 Å². The number of rotatable bonds is 7. The van der Waals surface area contributed by atoms with Gasteiger partial charge in [-0.15, -0.1) is 0 Å². The molecule has 0 saturated carbocycles. The summed E-state index contributed by atoms with van der Waals surface area (Å²) in [4.78, 5) is 17.2. The van der Waals surface area contributed by atoms with Crippen molar-refractivity contribution in [2.75, 3.05) is 51.3 Å². The van der Waals surface area contributed by atoms with Gasteiger partial charge in [0.2, 0.25) is 0 Å². The van der Waals surface area contributed by atoms with Crippen LogP contribution >= 0.6 is 0 Å². The van der Waals surface area contributed by atoms with Crippen molar-refractivity contribution in [1.29, 1.82) is 0 Å². The Morgan fingerprint density at radius 3 is 2.42 bits per heavy atom. The molecular weight excluding hydrogens is 326 g/mol. The van der Waals surface area contributed by atoms with Crippen LogP contribution in [0.4, 0.5) is 5.69 Å². The quantitative estimate of drug-likeness (QED) is 0.778. The van der Waals surface area contributed by atoms with Crippen LogP contribution in [-0.4, -0.2) is 57.2 Å². The minimum absolute atomic E-state index is 0.0728. The van der Waals surface area contributed by atoms with Gasteiger partial charge in [0.1, 0.15) is 5.75 Å². The number of para-hydroxylation sites is 2. The van der Waals surface area contributed by atoms with Gasteiger partial charge in [0.05, 0.1) is 12.7 Å². The van der Waals surface area contributed by atoms with Crippen LogP contribution in [0.2, 0.25) is 0 Å². The molecule has 1 heterocycles. The highest BCUT2D eigenvalue weighted by Gasteiger charge is 2.17. The lowest BCUT2D eigenvalue weighted by atomic mass is 10.2. The molecule has 1 saturated heterocycles. The maximum absolute atomic E-state index is 12.3. The van der Waals surface area contributed by atoms with Crippen molar-refractivity contribution >= 4 is 11.6 Å². The van der Waals surface area contributed by atoms with Gasteiger partial charge in [-0.2, -0.15) is 0 Å². The lowest BCUT2D eigenvalue weighted by Crippen LogP contribution is -2.47. The van der Waals surface area contributed by atoms with E-state index in [0.29, 0.717) is 17.9 Å². The van der Waals surface area contributed by atoms with Crippen LogP contribution in [0.5, 0.6) is 5.75 Å². The number of carbonyl (C=O) groups excluding carboxylic acids is 1. The highest BCUT2D eigenvalue weighted by atomic mass is 16.5. The lowest BCUT2D eigenvalue weighted by Gasteiger charge is -2.36. The van der Waals surface area contributed by atoms with Crippen LogP contribution in [0.15, 0.2) is 54.6 Å². The summed E-state index contributed by atoms with van der Waals surface area (Å²) in [5.74, 6) is 0.540. The number of hydrogen-bond donors (Lipinski definition) is 1. The number of anilines is 1. The zero-order valence-corrected chi connectivity index (χ0v) is 15.4. The standard InChI is InChI=1S/C21H27N3O2/c1-26-20-11-6-5-10-19(20)21(25)22-12-7-13-23-14-16-24(17-15-23)18-8-3-2-4-9-18/h2-6,8-11H,7,12-17H2,1H3,(H,22,25). The molecule has 0 radical (unpaired) electrons. The molecular formula is C21H27N3O2. The van der Waals surface area contributed by atoms with Crippen molar-refractivity contribution in [3.05, 3.63) is 60.2 Å². The molecule has 1 aliphatic heterocycles. The molecule has 0 spiro atoms. The zero-order valence-electron chi connectivity index (χ0n) is 15.4. The smallest absolute Gasteiger partial charge is 0.255 e. The predicted molar refractivity (Wildman–Crippen MR) is 105 cm³/mol. The van der Waals surface area contributed by atoms with Crippen LogP contribution < -0.4 is 15.0 Å². The van der Waals surface area contributed by atoms with E-state index in [0.717, 1.165) is 39.1 Å². The monoisotopic (exact) mass is 353 g/mol. The van der Waals surface area contributed by atoms with Gasteiger partial charge in [-0.1, -0.05) is 30.3 Å². The summed E-state index contributed by atoms with van der Waals surface area (Å²) in [5.41, 5.74) is 1.89. The molecule has 5 heteroatoms. The Labute approximate surface area is 155 Å². The molecule has 26 heavy (non-hydrogen) atoms. The molecule has 2 aromatic carbocycles. The van der Waals surface area contributed by atoms with Crippen molar-refractivity contribution in [3.8, 4) is 5.75 Å². The molecule has 2 aromatic rings. The van der Waals surface area contributed by atoms with Gasteiger partial charge in [-0.3, -0.25) is 9.69 Å². The van der Waals surface area contributed by atoms with Crippen LogP contribution in [0.3, 0.4) is 0 Å². The molecule has 138 valence electrons. The van der Waals surface area contributed by atoms with E-state index in [4.69, 9.17) is 4.74 Å². The fourth-order valence-electron chi connectivity index (χ4n) is 3.30. The Morgan fingerprint density at radius 2 is 1.69 bits per heavy atom. The van der Waals surface area contributed by atoms with Crippen LogP contribution in [0, 0.1) is 0 Å². The molecule has 1 N–H and O–H groups in total. The third-order valence-electron chi connectivity index (χ3n) is 4.78. The second-order valence-corrected chi connectivity index (χ2v) is 6.47. The summed E-state index contributed by atoms with van der Waals surface area (Å²) in [7, 11) is 1.58. The van der Waals surface area contributed by atoms with Crippen molar-refractivity contribution in [3.63, 3.8) is 0 Å². The number of ether oxygens (including phenoxy) is 1. The normalized spacial score (nSPS) is 14.9. The summed E-state index contributed by atoms with van der Waals surface area (Å²) < 4.78 is 5.24. The van der Waals surface area contributed by atoms with Crippen LogP contribution in [0.25, 0.3) is 0 Å². The van der Waals surface area contributed by atoms with Crippen molar-refractivity contribution < 1.29 is 9.53 Å². The molecule has 1 amide bonds. The second-order valence-electron chi connectivity index (χ2n) is 6.47. The van der Waals surface area contributed by atoms with E-state index < -0.39 is 0 Å². The number of hydrogen-bond acceptors (Lipinski definition) is 4. The largest absolute Gasteiger partial charge is 0.496 e. The van der Waals surface area contributed by atoms with E-state index in [9.17, 15) is 4.79 Å². The maximum atomic E-state index is 12.3. The van der Waals surface area contributed by atoms with Gasteiger partial charge in [-0.05, 0) is 37.2 Å². The van der Waals surface area contributed by atoms with Gasteiger partial charge >= 0.3 is 0 Å². The number of benzene rings is 2. The first-order chi connectivity index (χ1) is 12.8. The van der Waals surface area contributed by atoms with E-state index in [1.165, 1.54) is 5.69 Å². The lowest BCUT2D eigenvalue weighted by molar-refractivity contribution is 0.0948. The average Bonchev–Trinajstić information content (AvgIpc) is 2.72. The highest BCUT2D eigenvalue weighted by Crippen LogP contribution is 2.17. The summed E-state index contributed by atoms with van der Waals surface area (Å²) in [6.45, 7) is 5.92. The summed E-state index contributed by atoms with van der Waals surface area (Å²) in [6, 6.07) is 17.9. The summed E-state index contributed by atoms with van der Waals surface area (Å²) in [5, 5.41) is 2.99. The summed E-state index contributed by atoms with van der Waals surface area (Å²) >= 11 is 0. The number of methoxy groups -OCH3 is 1. The number of nitrogens with zero attached hydrogens (tertiary/aromatic N) is 2. The Bertz CT molecular complexity index is 697. The molecule has 5 nitrogen and oxygen atoms in total. The molecule has 3 rings (SSSR count). The molecule has 0 atom stereocenters. The third-order valence-corrected chi connectivity index (χ3v) is 4.78. The first-order valence-electron chi connectivity index (χ1n) is 9.21. The third kappa shape index (κ3) is 4.76. The molecule has 1 aliphatic rings. The van der Waals surface area contributed by atoms with E-state index in [-0.39, 0.29) is 5.91 Å². The van der Waals surface area contributed by atoms with E-state index in [2.05, 4.69) is 45.4 Å². The maximum Gasteiger partial charge on any atom is 0.255 e. The van der Waals surface area contributed by atoms with E-state index in [1.807, 2.05) is 12.1 Å². The fourth-order valence-corrected chi connectivity index (χ4v) is 3.30. The number of carbonyl (C=O) groups is 1. The van der Waals surface area contributed by atoms with Crippen LogP contribution in [0.1, 0.15) is 16.8 Å².